The Balaban J connectivity index is 1.78. The molecule has 3 rings (SSSR count). The maximum atomic E-state index is 4.33. The van der Waals surface area contributed by atoms with Crippen molar-refractivity contribution in [3.63, 3.8) is 0 Å². The number of hydrogen-bond acceptors (Lipinski definition) is 5. The van der Waals surface area contributed by atoms with Crippen LogP contribution in [0.1, 0.15) is 5.69 Å². The number of nitrogens with zero attached hydrogens (tertiary/aromatic N) is 2. The fourth-order valence-corrected chi connectivity index (χ4v) is 3.06. The van der Waals surface area contributed by atoms with E-state index in [1.54, 1.807) is 29.0 Å². The van der Waals surface area contributed by atoms with E-state index in [1.165, 1.54) is 5.56 Å². The molecule has 0 saturated heterocycles. The largest absolute Gasteiger partial charge is 0.378 e. The maximum absolute atomic E-state index is 4.33. The van der Waals surface area contributed by atoms with Gasteiger partial charge in [0, 0.05) is 34.1 Å². The van der Waals surface area contributed by atoms with Crippen molar-refractivity contribution in [1.29, 1.82) is 0 Å². The number of rotatable bonds is 4. The highest BCUT2D eigenvalue weighted by atomic mass is 32.1. The highest BCUT2D eigenvalue weighted by molar-refractivity contribution is 7.14. The van der Waals surface area contributed by atoms with Crippen LogP contribution in [0.3, 0.4) is 0 Å². The molecular formula is C11H10N4S2. The predicted molar refractivity (Wildman–Crippen MR) is 71.3 cm³/mol. The Morgan fingerprint density at radius 2 is 2.35 bits per heavy atom. The van der Waals surface area contributed by atoms with Crippen LogP contribution in [0.15, 0.2) is 34.9 Å². The predicted octanol–water partition coefficient (Wildman–Crippen LogP) is 3.21. The van der Waals surface area contributed by atoms with Gasteiger partial charge in [0.25, 0.3) is 0 Å². The van der Waals surface area contributed by atoms with Crippen molar-refractivity contribution in [3.05, 3.63) is 40.6 Å². The van der Waals surface area contributed by atoms with Gasteiger partial charge in [0.15, 0.2) is 0 Å². The van der Waals surface area contributed by atoms with Crippen molar-refractivity contribution in [2.45, 2.75) is 6.54 Å². The molecule has 0 saturated carbocycles. The van der Waals surface area contributed by atoms with Crippen LogP contribution >= 0.6 is 22.7 Å². The minimum Gasteiger partial charge on any atom is -0.378 e. The number of anilines is 1. The summed E-state index contributed by atoms with van der Waals surface area (Å²) in [4.78, 5) is 11.4. The first-order valence-corrected chi connectivity index (χ1v) is 6.93. The van der Waals surface area contributed by atoms with Crippen molar-refractivity contribution in [2.75, 3.05) is 5.32 Å². The van der Waals surface area contributed by atoms with Gasteiger partial charge >= 0.3 is 0 Å². The Labute approximate surface area is 106 Å². The van der Waals surface area contributed by atoms with E-state index in [1.807, 2.05) is 17.8 Å². The number of aromatic amines is 1. The number of hydrogen-bond donors (Lipinski definition) is 2. The number of thiazole rings is 1. The molecule has 2 N–H and O–H groups in total. The SMILES string of the molecule is c1csc(-c2cscc2NCc2cnc[nH]2)n1. The summed E-state index contributed by atoms with van der Waals surface area (Å²) in [5, 5.41) is 10.7. The van der Waals surface area contributed by atoms with Gasteiger partial charge in [0.05, 0.1) is 24.3 Å². The molecule has 3 aromatic rings. The van der Waals surface area contributed by atoms with Crippen LogP contribution in [0.25, 0.3) is 10.6 Å². The molecule has 0 atom stereocenters. The minimum absolute atomic E-state index is 0.745. The summed E-state index contributed by atoms with van der Waals surface area (Å²) in [6.07, 6.45) is 5.34. The molecule has 0 aliphatic rings. The van der Waals surface area contributed by atoms with Crippen molar-refractivity contribution < 1.29 is 0 Å². The van der Waals surface area contributed by atoms with Crippen molar-refractivity contribution >= 4 is 28.4 Å². The van der Waals surface area contributed by atoms with Gasteiger partial charge < -0.3 is 10.3 Å². The van der Waals surface area contributed by atoms with Crippen LogP contribution < -0.4 is 5.32 Å². The summed E-state index contributed by atoms with van der Waals surface area (Å²) in [5.74, 6) is 0. The van der Waals surface area contributed by atoms with Crippen LogP contribution in [0.5, 0.6) is 0 Å². The third-order valence-electron chi connectivity index (χ3n) is 2.35. The van der Waals surface area contributed by atoms with E-state index in [0.29, 0.717) is 0 Å². The molecule has 0 aliphatic carbocycles. The summed E-state index contributed by atoms with van der Waals surface area (Å²) in [5.41, 5.74) is 3.37. The van der Waals surface area contributed by atoms with Gasteiger partial charge in [-0.2, -0.15) is 0 Å². The van der Waals surface area contributed by atoms with E-state index < -0.39 is 0 Å². The highest BCUT2D eigenvalue weighted by Gasteiger charge is 2.08. The third kappa shape index (κ3) is 2.22. The second kappa shape index (κ2) is 4.68. The summed E-state index contributed by atoms with van der Waals surface area (Å²) in [7, 11) is 0. The van der Waals surface area contributed by atoms with E-state index >= 15 is 0 Å². The maximum Gasteiger partial charge on any atom is 0.126 e. The molecule has 0 radical (unpaired) electrons. The Kier molecular flexibility index (Phi) is 2.89. The molecular weight excluding hydrogens is 252 g/mol. The molecule has 0 unspecified atom stereocenters. The van der Waals surface area contributed by atoms with Gasteiger partial charge in [-0.1, -0.05) is 0 Å². The van der Waals surface area contributed by atoms with E-state index in [9.17, 15) is 0 Å². The van der Waals surface area contributed by atoms with Crippen molar-refractivity contribution in [1.82, 2.24) is 15.0 Å². The van der Waals surface area contributed by atoms with E-state index in [-0.39, 0.29) is 0 Å². The summed E-state index contributed by atoms with van der Waals surface area (Å²) < 4.78 is 0. The molecule has 0 bridgehead atoms. The molecule has 0 aliphatic heterocycles. The van der Waals surface area contributed by atoms with E-state index in [0.717, 1.165) is 22.9 Å². The second-order valence-electron chi connectivity index (χ2n) is 3.47. The average molecular weight is 262 g/mol. The lowest BCUT2D eigenvalue weighted by Crippen LogP contribution is -1.99. The second-order valence-corrected chi connectivity index (χ2v) is 5.10. The van der Waals surface area contributed by atoms with Gasteiger partial charge in [-0.3, -0.25) is 0 Å². The van der Waals surface area contributed by atoms with E-state index in [2.05, 4.69) is 31.0 Å². The fourth-order valence-electron chi connectivity index (χ4n) is 1.53. The van der Waals surface area contributed by atoms with Gasteiger partial charge in [-0.15, -0.1) is 22.7 Å². The number of imidazole rings is 1. The van der Waals surface area contributed by atoms with Crippen LogP contribution in [0.4, 0.5) is 5.69 Å². The number of nitrogens with one attached hydrogen (secondary N) is 2. The first-order chi connectivity index (χ1) is 8.43. The van der Waals surface area contributed by atoms with Crippen LogP contribution in [0, 0.1) is 0 Å². The molecule has 3 heterocycles. The molecule has 0 spiro atoms. The normalized spacial score (nSPS) is 10.6. The van der Waals surface area contributed by atoms with Gasteiger partial charge in [-0.25, -0.2) is 9.97 Å². The number of aromatic nitrogens is 3. The molecule has 86 valence electrons. The lowest BCUT2D eigenvalue weighted by atomic mass is 10.3. The molecule has 0 fully saturated rings. The highest BCUT2D eigenvalue weighted by Crippen LogP contribution is 2.33. The number of thiophene rings is 1. The molecule has 6 heteroatoms. The average Bonchev–Trinajstić information content (AvgIpc) is 3.09. The molecule has 17 heavy (non-hydrogen) atoms. The zero-order valence-electron chi connectivity index (χ0n) is 8.88. The summed E-state index contributed by atoms with van der Waals surface area (Å²) >= 11 is 3.33. The monoisotopic (exact) mass is 262 g/mol. The van der Waals surface area contributed by atoms with Crippen LogP contribution in [0.2, 0.25) is 0 Å². The van der Waals surface area contributed by atoms with Gasteiger partial charge in [-0.05, 0) is 0 Å². The van der Waals surface area contributed by atoms with Gasteiger partial charge in [0.2, 0.25) is 0 Å². The zero-order chi connectivity index (χ0) is 11.5. The standard InChI is InChI=1S/C11H10N4S2/c1-2-17-11(13-1)9-5-16-6-10(9)14-4-8-3-12-7-15-8/h1-3,5-7,14H,4H2,(H,12,15). The number of H-pyrrole nitrogens is 1. The van der Waals surface area contributed by atoms with E-state index in [4.69, 9.17) is 0 Å². The fraction of sp³-hybridized carbons (Fsp3) is 0.0909. The Bertz CT molecular complexity index is 568. The smallest absolute Gasteiger partial charge is 0.126 e. The molecule has 0 amide bonds. The lowest BCUT2D eigenvalue weighted by Gasteiger charge is -2.04. The first kappa shape index (κ1) is 10.5. The lowest BCUT2D eigenvalue weighted by molar-refractivity contribution is 1.08. The molecule has 4 nitrogen and oxygen atoms in total. The Morgan fingerprint density at radius 3 is 3.12 bits per heavy atom. The molecule has 0 aromatic carbocycles. The Morgan fingerprint density at radius 1 is 1.35 bits per heavy atom. The minimum atomic E-state index is 0.745. The van der Waals surface area contributed by atoms with Gasteiger partial charge in [0.1, 0.15) is 5.01 Å². The van der Waals surface area contributed by atoms with Crippen molar-refractivity contribution in [3.8, 4) is 10.6 Å². The quantitative estimate of drug-likeness (QED) is 0.759. The van der Waals surface area contributed by atoms with Crippen LogP contribution in [-0.2, 0) is 6.54 Å². The zero-order valence-corrected chi connectivity index (χ0v) is 10.5. The molecule has 3 aromatic heterocycles. The summed E-state index contributed by atoms with van der Waals surface area (Å²) in [6, 6.07) is 0. The first-order valence-electron chi connectivity index (χ1n) is 5.10. The Hall–Kier alpha value is -1.66. The van der Waals surface area contributed by atoms with Crippen LogP contribution in [-0.4, -0.2) is 15.0 Å². The third-order valence-corrected chi connectivity index (χ3v) is 3.90. The topological polar surface area (TPSA) is 53.6 Å². The van der Waals surface area contributed by atoms with Crippen molar-refractivity contribution in [2.24, 2.45) is 0 Å². The summed E-state index contributed by atoms with van der Waals surface area (Å²) in [6.45, 7) is 0.745.